The number of aryl methyl sites for hydroxylation is 2. The summed E-state index contributed by atoms with van der Waals surface area (Å²) in [5.74, 6) is 0.370. The number of amides is 3. The molecule has 0 spiro atoms. The second kappa shape index (κ2) is 21.3. The van der Waals surface area contributed by atoms with Gasteiger partial charge in [0.15, 0.2) is 12.4 Å². The quantitative estimate of drug-likeness (QED) is 0.104. The van der Waals surface area contributed by atoms with Crippen LogP contribution < -0.4 is 36.5 Å². The molecule has 15 heteroatoms. The number of anilines is 4. The highest BCUT2D eigenvalue weighted by Gasteiger charge is 2.32. The van der Waals surface area contributed by atoms with Crippen molar-refractivity contribution in [1.29, 1.82) is 0 Å². The van der Waals surface area contributed by atoms with Gasteiger partial charge in [0.2, 0.25) is 17.8 Å². The van der Waals surface area contributed by atoms with Crippen LogP contribution in [0.25, 0.3) is 27.9 Å². The topological polar surface area (TPSA) is 177 Å². The fraction of sp³-hybridized carbons (Fsp3) is 0.419. The van der Waals surface area contributed by atoms with Crippen molar-refractivity contribution in [2.45, 2.75) is 72.6 Å². The minimum absolute atomic E-state index is 0. The van der Waals surface area contributed by atoms with Crippen molar-refractivity contribution in [3.8, 4) is 5.75 Å². The van der Waals surface area contributed by atoms with Crippen molar-refractivity contribution in [2.75, 3.05) is 48.8 Å². The lowest BCUT2D eigenvalue weighted by molar-refractivity contribution is -0.134. The van der Waals surface area contributed by atoms with Gasteiger partial charge in [-0.2, -0.15) is 10.1 Å². The van der Waals surface area contributed by atoms with E-state index in [1.165, 1.54) is 18.0 Å². The normalized spacial score (nSPS) is 14.8. The number of pyridine rings is 1. The van der Waals surface area contributed by atoms with E-state index < -0.39 is 0 Å². The molecule has 7 rings (SSSR count). The lowest BCUT2D eigenvalue weighted by Gasteiger charge is -2.27. The van der Waals surface area contributed by atoms with Crippen LogP contribution in [0.5, 0.6) is 5.75 Å². The summed E-state index contributed by atoms with van der Waals surface area (Å²) in [6, 6.07) is 13.3. The molecule has 318 valence electrons. The molecule has 2 aliphatic rings. The monoisotopic (exact) mass is 803 g/mol. The summed E-state index contributed by atoms with van der Waals surface area (Å²) in [4.78, 5) is 59.0. The summed E-state index contributed by atoms with van der Waals surface area (Å²) < 4.78 is 8.76. The first-order chi connectivity index (χ1) is 28.1. The number of para-hydroxylation sites is 1. The van der Waals surface area contributed by atoms with Gasteiger partial charge in [0, 0.05) is 81.1 Å². The maximum absolute atomic E-state index is 12.6. The summed E-state index contributed by atoms with van der Waals surface area (Å²) in [5.41, 5.74) is 4.78. The van der Waals surface area contributed by atoms with Gasteiger partial charge in [-0.3, -0.25) is 29.2 Å². The third kappa shape index (κ3) is 10.4. The molecule has 2 aromatic carbocycles. The Hall–Kier alpha value is -6.25. The third-order valence-electron chi connectivity index (χ3n) is 9.58. The Labute approximate surface area is 346 Å². The first-order valence-electron chi connectivity index (χ1n) is 20.1. The van der Waals surface area contributed by atoms with E-state index in [1.807, 2.05) is 78.1 Å². The number of imide groups is 1. The van der Waals surface area contributed by atoms with Crippen LogP contribution in [0.3, 0.4) is 0 Å². The molecule has 15 nitrogen and oxygen atoms in total. The molecule has 1 unspecified atom stereocenters. The van der Waals surface area contributed by atoms with Gasteiger partial charge in [0.05, 0.1) is 28.3 Å². The predicted octanol–water partition coefficient (Wildman–Crippen LogP) is 7.39. The molecule has 2 fully saturated rings. The fourth-order valence-corrected chi connectivity index (χ4v) is 6.77. The molecule has 4 N–H and O–H groups in total. The van der Waals surface area contributed by atoms with Crippen LogP contribution in [0.1, 0.15) is 89.6 Å². The first-order valence-corrected chi connectivity index (χ1v) is 20.1. The second-order valence-corrected chi connectivity index (χ2v) is 13.2. The number of nitrogens with one attached hydrogen (secondary N) is 4. The predicted molar refractivity (Wildman–Crippen MR) is 241 cm³/mol. The zero-order valence-corrected chi connectivity index (χ0v) is 35.1. The average Bonchev–Trinajstić information content (AvgIpc) is 3.59. The molecular formula is C43H66N10O5. The minimum Gasteiger partial charge on any atom is -0.478 e. The molecule has 0 aliphatic carbocycles. The minimum atomic E-state index is -0.358. The SMILES string of the molecule is C=Cc1cnc(N2CCCCC2)nc1Nc1ccc2c(c1)cc(OCC(=O)NC)c(=O)n2C.CC.CC.CCNc1cccc2c(C3CCC(=O)NC3=O)nn(C)c12.[HH].[HH].[HH].[HH]. The summed E-state index contributed by atoms with van der Waals surface area (Å²) in [6.45, 7) is 16.4. The number of ether oxygens (including phenoxy) is 1. The number of aromatic nitrogens is 5. The standard InChI is InChI=1S/C24H28N6O3.C15H18N4O2.2C2H6.4H2/c1-4-16-14-26-24(30-10-6-5-7-11-30)28-22(16)27-18-8-9-19-17(12-18)13-20(23(32)29(19)3)33-15-21(31)25-2;1-3-16-11-6-4-5-9-13(18-19(2)14(9)11)10-7-8-12(20)17-15(10)21;2*1-2;;;;/h4,8-9,12-14H,1,5-7,10-11,15H2,2-3H3,(H,25,31)(H,26,27,28);4-6,10,16H,3,7-8H2,1-2H3,(H,17,20,21);2*1-2H3;4*1H. The van der Waals surface area contributed by atoms with Crippen molar-refractivity contribution >= 4 is 68.7 Å². The number of carbonyl (C=O) groups is 3. The van der Waals surface area contributed by atoms with E-state index >= 15 is 0 Å². The fourth-order valence-electron chi connectivity index (χ4n) is 6.77. The lowest BCUT2D eigenvalue weighted by Crippen LogP contribution is -2.39. The van der Waals surface area contributed by atoms with Gasteiger partial charge < -0.3 is 30.2 Å². The number of likely N-dealkylation sites (N-methyl/N-ethyl adjacent to an activating group) is 1. The number of hydrogen-bond acceptors (Lipinski definition) is 11. The number of piperidine rings is 2. The van der Waals surface area contributed by atoms with Crippen LogP contribution in [-0.2, 0) is 28.5 Å². The van der Waals surface area contributed by atoms with Crippen LogP contribution in [-0.4, -0.2) is 75.3 Å². The van der Waals surface area contributed by atoms with Crippen LogP contribution in [0.4, 0.5) is 23.1 Å². The Balaban J connectivity index is 0.00000112. The van der Waals surface area contributed by atoms with E-state index in [-0.39, 0.29) is 47.3 Å². The molecule has 58 heavy (non-hydrogen) atoms. The van der Waals surface area contributed by atoms with Crippen molar-refractivity contribution < 1.29 is 24.8 Å². The molecule has 2 saturated heterocycles. The van der Waals surface area contributed by atoms with Gasteiger partial charge in [-0.15, -0.1) is 0 Å². The molecule has 3 amide bonds. The molecule has 0 saturated carbocycles. The molecule has 2 aliphatic heterocycles. The summed E-state index contributed by atoms with van der Waals surface area (Å²) in [7, 11) is 5.07. The molecule has 0 bridgehead atoms. The van der Waals surface area contributed by atoms with Crippen LogP contribution in [0.2, 0.25) is 0 Å². The molecule has 3 aromatic heterocycles. The highest BCUT2D eigenvalue weighted by atomic mass is 16.5. The maximum Gasteiger partial charge on any atom is 0.293 e. The van der Waals surface area contributed by atoms with Crippen LogP contribution in [0.15, 0.2) is 60.0 Å². The van der Waals surface area contributed by atoms with E-state index in [0.717, 1.165) is 76.9 Å². The van der Waals surface area contributed by atoms with Gasteiger partial charge in [-0.1, -0.05) is 52.5 Å². The highest BCUT2D eigenvalue weighted by Crippen LogP contribution is 2.33. The van der Waals surface area contributed by atoms with Gasteiger partial charge in [0.1, 0.15) is 5.82 Å². The molecule has 5 aromatic rings. The van der Waals surface area contributed by atoms with Crippen LogP contribution >= 0.6 is 0 Å². The smallest absolute Gasteiger partial charge is 0.293 e. The Morgan fingerprint density at radius 1 is 1.05 bits per heavy atom. The molecule has 0 radical (unpaired) electrons. The Morgan fingerprint density at radius 2 is 1.79 bits per heavy atom. The number of carbonyl (C=O) groups excluding carboxylic acids is 3. The maximum atomic E-state index is 12.6. The van der Waals surface area contributed by atoms with E-state index in [2.05, 4.69) is 42.8 Å². The van der Waals surface area contributed by atoms with E-state index in [0.29, 0.717) is 24.6 Å². The number of benzene rings is 2. The Kier molecular flexibility index (Phi) is 16.3. The van der Waals surface area contributed by atoms with Gasteiger partial charge >= 0.3 is 0 Å². The number of nitrogens with zero attached hydrogens (tertiary/aromatic N) is 6. The third-order valence-corrected chi connectivity index (χ3v) is 9.58. The number of hydrogen-bond donors (Lipinski definition) is 4. The Morgan fingerprint density at radius 3 is 2.47 bits per heavy atom. The summed E-state index contributed by atoms with van der Waals surface area (Å²) >= 11 is 0. The molecule has 1 atom stereocenters. The van der Waals surface area contributed by atoms with Crippen molar-refractivity contribution in [2.24, 2.45) is 14.1 Å². The van der Waals surface area contributed by atoms with Gasteiger partial charge in [-0.05, 0) is 62.9 Å². The van der Waals surface area contributed by atoms with E-state index in [4.69, 9.17) is 9.72 Å². The lowest BCUT2D eigenvalue weighted by atomic mass is 9.92. The summed E-state index contributed by atoms with van der Waals surface area (Å²) in [6.07, 6.45) is 7.90. The van der Waals surface area contributed by atoms with Crippen molar-refractivity contribution in [1.82, 2.24) is 34.9 Å². The Bertz CT molecular complexity index is 2300. The zero-order valence-electron chi connectivity index (χ0n) is 35.1. The van der Waals surface area contributed by atoms with Crippen molar-refractivity contribution in [3.05, 3.63) is 76.9 Å². The first kappa shape index (κ1) is 44.5. The molecule has 5 heterocycles. The largest absolute Gasteiger partial charge is 0.478 e. The van der Waals surface area contributed by atoms with E-state index in [9.17, 15) is 19.2 Å². The number of rotatable bonds is 10. The zero-order chi connectivity index (χ0) is 42.4. The van der Waals surface area contributed by atoms with Gasteiger partial charge in [-0.25, -0.2) is 4.98 Å². The highest BCUT2D eigenvalue weighted by molar-refractivity contribution is 6.03. The molecular weight excluding hydrogens is 737 g/mol. The number of fused-ring (bicyclic) bond motifs is 2. The summed E-state index contributed by atoms with van der Waals surface area (Å²) in [5, 5.41) is 17.8. The second-order valence-electron chi connectivity index (χ2n) is 13.2. The van der Waals surface area contributed by atoms with Crippen LogP contribution in [0, 0.1) is 0 Å². The van der Waals surface area contributed by atoms with E-state index in [1.54, 1.807) is 30.1 Å². The average molecular weight is 803 g/mol. The van der Waals surface area contributed by atoms with Crippen molar-refractivity contribution in [3.63, 3.8) is 0 Å². The van der Waals surface area contributed by atoms with Gasteiger partial charge in [0.25, 0.3) is 11.5 Å².